The van der Waals surface area contributed by atoms with Crippen LogP contribution in [-0.2, 0) is 9.59 Å². The van der Waals surface area contributed by atoms with Gasteiger partial charge < -0.3 is 10.6 Å². The molecule has 1 aliphatic rings. The summed E-state index contributed by atoms with van der Waals surface area (Å²) < 4.78 is 0.920. The molecule has 1 aromatic carbocycles. The highest BCUT2D eigenvalue weighted by Gasteiger charge is 2.31. The third-order valence-electron chi connectivity index (χ3n) is 3.21. The average molecular weight is 326 g/mol. The van der Waals surface area contributed by atoms with Crippen LogP contribution in [0.15, 0.2) is 22.7 Å². The van der Waals surface area contributed by atoms with Crippen LogP contribution in [0.3, 0.4) is 0 Å². The third-order valence-corrected chi connectivity index (χ3v) is 3.71. The van der Waals surface area contributed by atoms with E-state index in [0.29, 0.717) is 0 Å². The maximum absolute atomic E-state index is 11.7. The van der Waals surface area contributed by atoms with Gasteiger partial charge in [0.1, 0.15) is 6.04 Å². The van der Waals surface area contributed by atoms with Crippen molar-refractivity contribution in [3.05, 3.63) is 28.2 Å². The molecule has 3 N–H and O–H groups in total. The van der Waals surface area contributed by atoms with Crippen LogP contribution < -0.4 is 16.0 Å². The fourth-order valence-corrected chi connectivity index (χ4v) is 2.54. The Morgan fingerprint density at radius 1 is 1.47 bits per heavy atom. The van der Waals surface area contributed by atoms with Crippen LogP contribution in [0.25, 0.3) is 0 Å². The maximum atomic E-state index is 11.7. The summed E-state index contributed by atoms with van der Waals surface area (Å²) in [5.74, 6) is -0.573. The van der Waals surface area contributed by atoms with E-state index in [9.17, 15) is 9.59 Å². The second-order valence-electron chi connectivity index (χ2n) is 4.71. The number of rotatable bonds is 2. The highest BCUT2D eigenvalue weighted by Crippen LogP contribution is 2.30. The minimum absolute atomic E-state index is 0.161. The number of nitrogens with one attached hydrogen (secondary N) is 1. The van der Waals surface area contributed by atoms with E-state index in [2.05, 4.69) is 21.2 Å². The lowest BCUT2D eigenvalue weighted by Crippen LogP contribution is -2.57. The summed E-state index contributed by atoms with van der Waals surface area (Å²) in [6, 6.07) is 5.11. The van der Waals surface area contributed by atoms with Crippen molar-refractivity contribution >= 4 is 33.4 Å². The number of amides is 2. The quantitative estimate of drug-likeness (QED) is 0.804. The van der Waals surface area contributed by atoms with E-state index in [-0.39, 0.29) is 24.4 Å². The number of halogens is 1. The van der Waals surface area contributed by atoms with Crippen LogP contribution >= 0.6 is 15.9 Å². The van der Waals surface area contributed by atoms with Crippen LogP contribution in [0, 0.1) is 0 Å². The molecule has 102 valence electrons. The second kappa shape index (κ2) is 5.30. The monoisotopic (exact) mass is 325 g/mol. The number of nitrogens with zero attached hydrogens (tertiary/aromatic N) is 1. The fourth-order valence-electron chi connectivity index (χ4n) is 2.16. The highest BCUT2D eigenvalue weighted by atomic mass is 79.9. The molecule has 0 aromatic heterocycles. The number of carbonyl (C=O) groups excluding carboxylic acids is 2. The van der Waals surface area contributed by atoms with Gasteiger partial charge in [0.15, 0.2) is 0 Å². The van der Waals surface area contributed by atoms with Gasteiger partial charge in [-0.1, -0.05) is 15.9 Å². The van der Waals surface area contributed by atoms with Crippen molar-refractivity contribution in [2.24, 2.45) is 5.73 Å². The summed E-state index contributed by atoms with van der Waals surface area (Å²) in [4.78, 5) is 25.0. The lowest BCUT2D eigenvalue weighted by Gasteiger charge is -2.35. The number of hydrogen-bond donors (Lipinski definition) is 2. The number of hydrogen-bond acceptors (Lipinski definition) is 4. The molecule has 0 aliphatic carbocycles. The Morgan fingerprint density at radius 3 is 2.79 bits per heavy atom. The lowest BCUT2D eigenvalue weighted by atomic mass is 10.0. The minimum atomic E-state index is -0.392. The van der Waals surface area contributed by atoms with E-state index in [1.54, 1.807) is 11.8 Å². The molecule has 2 amide bonds. The van der Waals surface area contributed by atoms with Crippen molar-refractivity contribution in [1.82, 2.24) is 5.32 Å². The Labute approximate surface area is 120 Å². The number of nitrogens with two attached hydrogens (primary N) is 1. The maximum Gasteiger partial charge on any atom is 0.249 e. The zero-order valence-corrected chi connectivity index (χ0v) is 12.4. The highest BCUT2D eigenvalue weighted by molar-refractivity contribution is 9.10. The number of imide groups is 1. The summed E-state index contributed by atoms with van der Waals surface area (Å²) in [5, 5.41) is 2.33. The van der Waals surface area contributed by atoms with Crippen molar-refractivity contribution < 1.29 is 9.59 Å². The Bertz CT molecular complexity index is 531. The van der Waals surface area contributed by atoms with Gasteiger partial charge in [-0.25, -0.2) is 0 Å². The van der Waals surface area contributed by atoms with Gasteiger partial charge in [0.2, 0.25) is 11.8 Å². The first-order chi connectivity index (χ1) is 8.90. The van der Waals surface area contributed by atoms with Gasteiger partial charge in [0.05, 0.1) is 6.54 Å². The van der Waals surface area contributed by atoms with E-state index in [0.717, 1.165) is 15.7 Å². The summed E-state index contributed by atoms with van der Waals surface area (Å²) in [6.07, 6.45) is 0. The van der Waals surface area contributed by atoms with Crippen LogP contribution in [0.4, 0.5) is 5.69 Å². The SMILES string of the molecule is CC(N)c1cc(Br)ccc1N1CC(=O)NC(=O)C1C. The van der Waals surface area contributed by atoms with Gasteiger partial charge in [-0.05, 0) is 37.6 Å². The smallest absolute Gasteiger partial charge is 0.249 e. The van der Waals surface area contributed by atoms with Crippen molar-refractivity contribution in [2.45, 2.75) is 25.9 Å². The standard InChI is InChI=1S/C13H16BrN3O2/c1-7(15)10-5-9(14)3-4-11(10)17-6-12(18)16-13(19)8(17)2/h3-5,7-8H,6,15H2,1-2H3,(H,16,18,19). The van der Waals surface area contributed by atoms with Crippen LogP contribution in [0.5, 0.6) is 0 Å². The fraction of sp³-hybridized carbons (Fsp3) is 0.385. The van der Waals surface area contributed by atoms with E-state index < -0.39 is 6.04 Å². The van der Waals surface area contributed by atoms with E-state index in [4.69, 9.17) is 5.73 Å². The number of carbonyl (C=O) groups is 2. The molecule has 6 heteroatoms. The van der Waals surface area contributed by atoms with Gasteiger partial charge in [0.25, 0.3) is 0 Å². The minimum Gasteiger partial charge on any atom is -0.350 e. The predicted molar refractivity (Wildman–Crippen MR) is 76.7 cm³/mol. The summed E-state index contributed by atoms with van der Waals surface area (Å²) in [5.41, 5.74) is 7.71. The zero-order chi connectivity index (χ0) is 14.2. The molecule has 1 fully saturated rings. The van der Waals surface area contributed by atoms with Crippen LogP contribution in [0.1, 0.15) is 25.5 Å². The lowest BCUT2D eigenvalue weighted by molar-refractivity contribution is -0.132. The Hall–Kier alpha value is -1.40. The molecular weight excluding hydrogens is 310 g/mol. The molecule has 0 radical (unpaired) electrons. The first kappa shape index (κ1) is 14.0. The molecule has 2 rings (SSSR count). The molecule has 1 aromatic rings. The Balaban J connectivity index is 2.45. The van der Waals surface area contributed by atoms with Crippen molar-refractivity contribution in [1.29, 1.82) is 0 Å². The molecule has 0 bridgehead atoms. The Kier molecular flexibility index (Phi) is 3.91. The van der Waals surface area contributed by atoms with Gasteiger partial charge in [0, 0.05) is 16.2 Å². The molecule has 1 heterocycles. The van der Waals surface area contributed by atoms with Crippen molar-refractivity contribution in [3.63, 3.8) is 0 Å². The summed E-state index contributed by atoms with van der Waals surface area (Å²) in [7, 11) is 0. The molecule has 5 nitrogen and oxygen atoms in total. The van der Waals surface area contributed by atoms with Crippen molar-refractivity contribution in [3.8, 4) is 0 Å². The molecule has 19 heavy (non-hydrogen) atoms. The molecule has 2 atom stereocenters. The van der Waals surface area contributed by atoms with Gasteiger partial charge >= 0.3 is 0 Å². The van der Waals surface area contributed by atoms with Gasteiger partial charge in [-0.15, -0.1) is 0 Å². The van der Waals surface area contributed by atoms with Crippen LogP contribution in [-0.4, -0.2) is 24.4 Å². The van der Waals surface area contributed by atoms with E-state index in [1.807, 2.05) is 25.1 Å². The largest absolute Gasteiger partial charge is 0.350 e. The molecule has 1 aliphatic heterocycles. The second-order valence-corrected chi connectivity index (χ2v) is 5.62. The summed E-state index contributed by atoms with van der Waals surface area (Å²) in [6.45, 7) is 3.81. The van der Waals surface area contributed by atoms with Crippen molar-refractivity contribution in [2.75, 3.05) is 11.4 Å². The number of piperazine rings is 1. The molecular formula is C13H16BrN3O2. The van der Waals surface area contributed by atoms with E-state index >= 15 is 0 Å². The molecule has 2 unspecified atom stereocenters. The van der Waals surface area contributed by atoms with Crippen LogP contribution in [0.2, 0.25) is 0 Å². The zero-order valence-electron chi connectivity index (χ0n) is 10.8. The van der Waals surface area contributed by atoms with E-state index in [1.165, 1.54) is 0 Å². The first-order valence-corrected chi connectivity index (χ1v) is 6.85. The Morgan fingerprint density at radius 2 is 2.16 bits per heavy atom. The van der Waals surface area contributed by atoms with Gasteiger partial charge in [-0.3, -0.25) is 14.9 Å². The number of benzene rings is 1. The summed E-state index contributed by atoms with van der Waals surface area (Å²) >= 11 is 3.41. The first-order valence-electron chi connectivity index (χ1n) is 6.05. The average Bonchev–Trinajstić information content (AvgIpc) is 2.34. The topological polar surface area (TPSA) is 75.4 Å². The molecule has 1 saturated heterocycles. The normalized spacial score (nSPS) is 21.3. The van der Waals surface area contributed by atoms with Gasteiger partial charge in [-0.2, -0.15) is 0 Å². The number of anilines is 1. The molecule has 0 saturated carbocycles. The third kappa shape index (κ3) is 2.79. The molecule has 0 spiro atoms. The predicted octanol–water partition coefficient (Wildman–Crippen LogP) is 1.32.